The normalized spacial score (nSPS) is 10.2. The quantitative estimate of drug-likeness (QED) is 0.755. The molecule has 2 rings (SSSR count). The van der Waals surface area contributed by atoms with E-state index < -0.39 is 5.97 Å². The van der Waals surface area contributed by atoms with Crippen LogP contribution in [0.25, 0.3) is 10.6 Å². The van der Waals surface area contributed by atoms with Crippen molar-refractivity contribution in [3.63, 3.8) is 0 Å². The fourth-order valence-corrected chi connectivity index (χ4v) is 1.68. The smallest absolute Gasteiger partial charge is 0.358 e. The minimum atomic E-state index is -1.07. The molecular weight excluding hydrogens is 190 g/mol. The largest absolute Gasteiger partial charge is 0.476 e. The lowest BCUT2D eigenvalue weighted by Crippen LogP contribution is -1.98. The second-order valence-electron chi connectivity index (χ2n) is 2.30. The van der Waals surface area contributed by atoms with Crippen molar-refractivity contribution < 1.29 is 9.90 Å². The van der Waals surface area contributed by atoms with Gasteiger partial charge in [-0.2, -0.15) is 10.3 Å². The predicted octanol–water partition coefficient (Wildman–Crippen LogP) is 1.23. The maximum Gasteiger partial charge on any atom is 0.358 e. The number of nitrogens with one attached hydrogen (secondary N) is 1. The van der Waals surface area contributed by atoms with E-state index in [4.69, 9.17) is 5.11 Å². The summed E-state index contributed by atoms with van der Waals surface area (Å²) >= 11 is 1.43. The third kappa shape index (κ3) is 1.31. The van der Waals surface area contributed by atoms with E-state index in [1.165, 1.54) is 11.3 Å². The minimum absolute atomic E-state index is 0.0394. The highest BCUT2D eigenvalue weighted by molar-refractivity contribution is 7.13. The molecule has 0 aliphatic heterocycles. The van der Waals surface area contributed by atoms with Crippen molar-refractivity contribution in [1.29, 1.82) is 0 Å². The second kappa shape index (κ2) is 2.98. The Morgan fingerprint density at radius 1 is 1.54 bits per heavy atom. The van der Waals surface area contributed by atoms with Crippen LogP contribution >= 0.6 is 11.3 Å². The summed E-state index contributed by atoms with van der Waals surface area (Å²) in [4.78, 5) is 11.5. The molecular formula is C7H5N3O2S. The lowest BCUT2D eigenvalue weighted by atomic mass is 10.3. The van der Waals surface area contributed by atoms with Crippen LogP contribution in [0.15, 0.2) is 17.5 Å². The van der Waals surface area contributed by atoms with Gasteiger partial charge in [-0.25, -0.2) is 4.79 Å². The highest BCUT2D eigenvalue weighted by atomic mass is 32.1. The molecule has 0 aliphatic carbocycles. The molecule has 0 unspecified atom stereocenters. The van der Waals surface area contributed by atoms with Gasteiger partial charge < -0.3 is 5.11 Å². The van der Waals surface area contributed by atoms with Crippen LogP contribution in [0.4, 0.5) is 0 Å². The monoisotopic (exact) mass is 195 g/mol. The molecule has 66 valence electrons. The van der Waals surface area contributed by atoms with Crippen molar-refractivity contribution >= 4 is 17.3 Å². The average Bonchev–Trinajstić information content (AvgIpc) is 2.74. The van der Waals surface area contributed by atoms with E-state index in [0.29, 0.717) is 5.69 Å². The summed E-state index contributed by atoms with van der Waals surface area (Å²) in [6.07, 6.45) is 0. The minimum Gasteiger partial charge on any atom is -0.476 e. The topological polar surface area (TPSA) is 78.9 Å². The second-order valence-corrected chi connectivity index (χ2v) is 3.25. The molecule has 0 saturated carbocycles. The van der Waals surface area contributed by atoms with Crippen LogP contribution in [-0.2, 0) is 0 Å². The lowest BCUT2D eigenvalue weighted by Gasteiger charge is -1.89. The Morgan fingerprint density at radius 3 is 3.00 bits per heavy atom. The van der Waals surface area contributed by atoms with Crippen molar-refractivity contribution in [3.05, 3.63) is 23.2 Å². The van der Waals surface area contributed by atoms with Crippen molar-refractivity contribution in [2.24, 2.45) is 0 Å². The molecule has 13 heavy (non-hydrogen) atoms. The zero-order chi connectivity index (χ0) is 9.26. The fourth-order valence-electron chi connectivity index (χ4n) is 0.965. The Morgan fingerprint density at radius 2 is 2.38 bits per heavy atom. The molecule has 0 atom stereocenters. The summed E-state index contributed by atoms with van der Waals surface area (Å²) in [5.74, 6) is -1.07. The van der Waals surface area contributed by atoms with E-state index in [0.717, 1.165) is 4.88 Å². The number of nitrogens with zero attached hydrogens (tertiary/aromatic N) is 2. The highest BCUT2D eigenvalue weighted by Crippen LogP contribution is 2.24. The zero-order valence-electron chi connectivity index (χ0n) is 6.39. The lowest BCUT2D eigenvalue weighted by molar-refractivity contribution is 0.0691. The van der Waals surface area contributed by atoms with Gasteiger partial charge >= 0.3 is 5.97 Å². The van der Waals surface area contributed by atoms with E-state index in [9.17, 15) is 4.79 Å². The molecule has 0 saturated heterocycles. The van der Waals surface area contributed by atoms with Gasteiger partial charge in [-0.05, 0) is 11.4 Å². The number of aromatic carboxylic acids is 1. The molecule has 2 aromatic heterocycles. The first-order valence-corrected chi connectivity index (χ1v) is 4.35. The number of aromatic nitrogens is 3. The van der Waals surface area contributed by atoms with Crippen LogP contribution in [-0.4, -0.2) is 26.5 Å². The molecule has 0 aromatic carbocycles. The van der Waals surface area contributed by atoms with Crippen LogP contribution in [0.2, 0.25) is 0 Å². The molecule has 0 fully saturated rings. The summed E-state index contributed by atoms with van der Waals surface area (Å²) in [6.45, 7) is 0. The van der Waals surface area contributed by atoms with Gasteiger partial charge in [0.1, 0.15) is 5.69 Å². The SMILES string of the molecule is O=C(O)c1n[nH]nc1-c1cccs1. The molecule has 0 bridgehead atoms. The number of carbonyl (C=O) groups is 1. The van der Waals surface area contributed by atoms with Crippen molar-refractivity contribution in [2.45, 2.75) is 0 Å². The maximum absolute atomic E-state index is 10.7. The van der Waals surface area contributed by atoms with Gasteiger partial charge in [0.25, 0.3) is 0 Å². The number of carboxylic acid groups (broad SMARTS) is 1. The molecule has 0 amide bonds. The van der Waals surface area contributed by atoms with E-state index in [1.807, 2.05) is 11.4 Å². The van der Waals surface area contributed by atoms with Gasteiger partial charge in [-0.3, -0.25) is 0 Å². The summed E-state index contributed by atoms with van der Waals surface area (Å²) in [5.41, 5.74) is 0.352. The van der Waals surface area contributed by atoms with Crippen LogP contribution < -0.4 is 0 Å². The van der Waals surface area contributed by atoms with Gasteiger partial charge in [0, 0.05) is 0 Å². The van der Waals surface area contributed by atoms with E-state index in [1.54, 1.807) is 6.07 Å². The van der Waals surface area contributed by atoms with Crippen molar-refractivity contribution in [3.8, 4) is 10.6 Å². The number of H-pyrrole nitrogens is 1. The van der Waals surface area contributed by atoms with Crippen molar-refractivity contribution in [2.75, 3.05) is 0 Å². The highest BCUT2D eigenvalue weighted by Gasteiger charge is 2.16. The van der Waals surface area contributed by atoms with Gasteiger partial charge in [0.2, 0.25) is 0 Å². The Bertz CT molecular complexity index is 421. The number of thiophene rings is 1. The molecule has 2 aromatic rings. The fraction of sp³-hybridized carbons (Fsp3) is 0. The van der Waals surface area contributed by atoms with Gasteiger partial charge in [-0.1, -0.05) is 6.07 Å². The first-order valence-electron chi connectivity index (χ1n) is 3.47. The summed E-state index contributed by atoms with van der Waals surface area (Å²) in [6, 6.07) is 3.63. The van der Waals surface area contributed by atoms with Crippen LogP contribution in [0, 0.1) is 0 Å². The molecule has 2 N–H and O–H groups in total. The van der Waals surface area contributed by atoms with Gasteiger partial charge in [0.15, 0.2) is 5.69 Å². The van der Waals surface area contributed by atoms with E-state index >= 15 is 0 Å². The molecule has 0 aliphatic rings. The number of aromatic amines is 1. The zero-order valence-corrected chi connectivity index (χ0v) is 7.21. The number of carboxylic acids is 1. The molecule has 5 nitrogen and oxygen atoms in total. The third-order valence-corrected chi connectivity index (χ3v) is 2.38. The Hall–Kier alpha value is -1.69. The van der Waals surface area contributed by atoms with Crippen LogP contribution in [0.3, 0.4) is 0 Å². The molecule has 0 spiro atoms. The summed E-state index contributed by atoms with van der Waals surface area (Å²) < 4.78 is 0. The summed E-state index contributed by atoms with van der Waals surface area (Å²) in [7, 11) is 0. The Balaban J connectivity index is 2.52. The third-order valence-electron chi connectivity index (χ3n) is 1.51. The van der Waals surface area contributed by atoms with E-state index in [2.05, 4.69) is 15.4 Å². The molecule has 0 radical (unpaired) electrons. The Labute approximate surface area is 77.0 Å². The van der Waals surface area contributed by atoms with Crippen LogP contribution in [0.1, 0.15) is 10.5 Å². The molecule has 6 heteroatoms. The number of rotatable bonds is 2. The predicted molar refractivity (Wildman–Crippen MR) is 46.7 cm³/mol. The van der Waals surface area contributed by atoms with Gasteiger partial charge in [0.05, 0.1) is 4.88 Å². The number of hydrogen-bond acceptors (Lipinski definition) is 4. The standard InChI is InChI=1S/C7H5N3O2S/c11-7(12)6-5(8-10-9-6)4-2-1-3-13-4/h1-3H,(H,11,12)(H,8,9,10). The number of hydrogen-bond donors (Lipinski definition) is 2. The first-order chi connectivity index (χ1) is 6.29. The van der Waals surface area contributed by atoms with Crippen molar-refractivity contribution in [1.82, 2.24) is 15.4 Å². The van der Waals surface area contributed by atoms with Crippen LogP contribution in [0.5, 0.6) is 0 Å². The maximum atomic E-state index is 10.7. The van der Waals surface area contributed by atoms with E-state index in [-0.39, 0.29) is 5.69 Å². The average molecular weight is 195 g/mol. The van der Waals surface area contributed by atoms with Gasteiger partial charge in [-0.15, -0.1) is 16.4 Å². The summed E-state index contributed by atoms with van der Waals surface area (Å²) in [5, 5.41) is 20.2. The molecule has 2 heterocycles. The first kappa shape index (κ1) is 7.93. The Kier molecular flexibility index (Phi) is 1.82.